The zero-order chi connectivity index (χ0) is 21.9. The van der Waals surface area contributed by atoms with Gasteiger partial charge in [-0.3, -0.25) is 14.4 Å². The molecule has 9 heteroatoms. The lowest BCUT2D eigenvalue weighted by atomic mass is 9.92. The fourth-order valence-electron chi connectivity index (χ4n) is 4.26. The van der Waals surface area contributed by atoms with E-state index >= 15 is 0 Å². The minimum atomic E-state index is -3.92. The minimum Gasteiger partial charge on any atom is -0.349 e. The zero-order valence-corrected chi connectivity index (χ0v) is 18.1. The quantitative estimate of drug-likeness (QED) is 0.575. The van der Waals surface area contributed by atoms with E-state index in [4.69, 9.17) is 0 Å². The molecule has 3 N–H and O–H groups in total. The van der Waals surface area contributed by atoms with Crippen LogP contribution in [0.3, 0.4) is 0 Å². The van der Waals surface area contributed by atoms with Crippen molar-refractivity contribution >= 4 is 27.6 Å². The number of hydrogen-bond donors (Lipinski definition) is 3. The van der Waals surface area contributed by atoms with Gasteiger partial charge in [-0.1, -0.05) is 38.5 Å². The van der Waals surface area contributed by atoms with E-state index in [0.29, 0.717) is 12.5 Å². The average molecular weight is 436 g/mol. The third-order valence-corrected chi connectivity index (χ3v) is 7.44. The molecule has 2 bridgehead atoms. The van der Waals surface area contributed by atoms with Crippen molar-refractivity contribution in [1.82, 2.24) is 15.4 Å². The molecule has 1 aromatic carbocycles. The highest BCUT2D eigenvalue weighted by atomic mass is 32.2. The maximum absolute atomic E-state index is 13.1. The van der Waals surface area contributed by atoms with Gasteiger partial charge < -0.3 is 10.6 Å². The fourth-order valence-corrected chi connectivity index (χ4v) is 5.63. The normalized spacial score (nSPS) is 25.8. The molecule has 1 saturated heterocycles. The number of Topliss-reactive ketones (excluding diaryl/α,β-unsaturated/α-hetero) is 1. The molecule has 2 fully saturated rings. The van der Waals surface area contributed by atoms with Gasteiger partial charge >= 0.3 is 0 Å². The predicted molar refractivity (Wildman–Crippen MR) is 111 cm³/mol. The van der Waals surface area contributed by atoms with Gasteiger partial charge in [0.25, 0.3) is 5.91 Å². The molecule has 0 aromatic heterocycles. The molecule has 1 aliphatic carbocycles. The maximum Gasteiger partial charge on any atom is 0.289 e. The summed E-state index contributed by atoms with van der Waals surface area (Å²) in [5.74, 6) is -2.02. The van der Waals surface area contributed by atoms with E-state index in [1.54, 1.807) is 32.0 Å². The van der Waals surface area contributed by atoms with Crippen molar-refractivity contribution in [3.05, 3.63) is 30.3 Å². The summed E-state index contributed by atoms with van der Waals surface area (Å²) >= 11 is 0. The van der Waals surface area contributed by atoms with Crippen molar-refractivity contribution in [2.75, 3.05) is 6.54 Å². The minimum absolute atomic E-state index is 0.0555. The molecule has 4 atom stereocenters. The second-order valence-electron chi connectivity index (χ2n) is 8.49. The number of carbonyl (C=O) groups excluding carboxylic acids is 3. The van der Waals surface area contributed by atoms with E-state index < -0.39 is 39.7 Å². The van der Waals surface area contributed by atoms with Crippen molar-refractivity contribution < 1.29 is 22.8 Å². The Morgan fingerprint density at radius 3 is 2.47 bits per heavy atom. The second kappa shape index (κ2) is 9.26. The van der Waals surface area contributed by atoms with Crippen molar-refractivity contribution in [3.63, 3.8) is 0 Å². The summed E-state index contributed by atoms with van der Waals surface area (Å²) in [4.78, 5) is 38.0. The molecule has 0 spiro atoms. The summed E-state index contributed by atoms with van der Waals surface area (Å²) in [6, 6.07) is 5.78. The molecule has 3 rings (SSSR count). The molecule has 4 unspecified atom stereocenters. The largest absolute Gasteiger partial charge is 0.349 e. The first-order valence-corrected chi connectivity index (χ1v) is 11.9. The van der Waals surface area contributed by atoms with Crippen LogP contribution in [-0.4, -0.2) is 44.6 Å². The standard InChI is InChI=1S/C21H29N3O5S/c1-13(2)17(24-30(28,29)16-6-4-3-5-7-16)20(26)23-18-15-9-8-14(12-15)10-11-22-21(27)19(18)25/h3-7,13-15,17-18,24H,8-12H2,1-2H3,(H,22,27)(H,23,26). The molecule has 8 nitrogen and oxygen atoms in total. The van der Waals surface area contributed by atoms with Crippen LogP contribution in [0.2, 0.25) is 0 Å². The Labute approximate surface area is 177 Å². The monoisotopic (exact) mass is 435 g/mol. The van der Waals surface area contributed by atoms with Gasteiger partial charge in [0.05, 0.1) is 4.90 Å². The van der Waals surface area contributed by atoms with E-state index in [-0.39, 0.29) is 16.7 Å². The second-order valence-corrected chi connectivity index (χ2v) is 10.2. The van der Waals surface area contributed by atoms with E-state index in [1.807, 2.05) is 0 Å². The maximum atomic E-state index is 13.1. The molecular weight excluding hydrogens is 406 g/mol. The summed E-state index contributed by atoms with van der Waals surface area (Å²) < 4.78 is 27.9. The van der Waals surface area contributed by atoms with Crippen LogP contribution >= 0.6 is 0 Å². The molecule has 2 aliphatic rings. The van der Waals surface area contributed by atoms with Crippen LogP contribution in [0.5, 0.6) is 0 Å². The average Bonchev–Trinajstić information content (AvgIpc) is 3.19. The predicted octanol–water partition coefficient (Wildman–Crippen LogP) is 0.980. The van der Waals surface area contributed by atoms with Crippen molar-refractivity contribution in [2.24, 2.45) is 17.8 Å². The Hall–Kier alpha value is -2.26. The first kappa shape index (κ1) is 22.4. The third-order valence-electron chi connectivity index (χ3n) is 5.98. The topological polar surface area (TPSA) is 121 Å². The Bertz CT molecular complexity index is 900. The van der Waals surface area contributed by atoms with Gasteiger partial charge in [0, 0.05) is 6.54 Å². The summed E-state index contributed by atoms with van der Waals surface area (Å²) in [5, 5.41) is 5.32. The number of hydrogen-bond acceptors (Lipinski definition) is 5. The number of nitrogens with one attached hydrogen (secondary N) is 3. The number of sulfonamides is 1. The number of carbonyl (C=O) groups is 3. The lowest BCUT2D eigenvalue weighted by Gasteiger charge is -2.27. The number of benzene rings is 1. The van der Waals surface area contributed by atoms with E-state index in [0.717, 1.165) is 25.7 Å². The molecule has 1 saturated carbocycles. The zero-order valence-electron chi connectivity index (χ0n) is 17.3. The van der Waals surface area contributed by atoms with Crippen LogP contribution in [0.4, 0.5) is 0 Å². The van der Waals surface area contributed by atoms with Crippen molar-refractivity contribution in [2.45, 2.75) is 56.5 Å². The Kier molecular flexibility index (Phi) is 6.92. The molecule has 2 amide bonds. The summed E-state index contributed by atoms with van der Waals surface area (Å²) in [6.45, 7) is 3.90. The van der Waals surface area contributed by atoms with Gasteiger partial charge in [-0.25, -0.2) is 8.42 Å². The van der Waals surface area contributed by atoms with Gasteiger partial charge in [-0.2, -0.15) is 4.72 Å². The fraction of sp³-hybridized carbons (Fsp3) is 0.571. The smallest absolute Gasteiger partial charge is 0.289 e. The van der Waals surface area contributed by atoms with Crippen LogP contribution in [0.15, 0.2) is 35.2 Å². The molecular formula is C21H29N3O5S. The van der Waals surface area contributed by atoms with Gasteiger partial charge in [-0.05, 0) is 49.1 Å². The molecule has 1 heterocycles. The number of fused-ring (bicyclic) bond motifs is 2. The number of rotatable bonds is 6. The van der Waals surface area contributed by atoms with E-state index in [2.05, 4.69) is 15.4 Å². The summed E-state index contributed by atoms with van der Waals surface area (Å²) in [5.41, 5.74) is 0. The Balaban J connectivity index is 1.79. The lowest BCUT2D eigenvalue weighted by molar-refractivity contribution is -0.141. The van der Waals surface area contributed by atoms with Gasteiger partial charge in [0.15, 0.2) is 0 Å². The van der Waals surface area contributed by atoms with Gasteiger partial charge in [0.1, 0.15) is 12.1 Å². The van der Waals surface area contributed by atoms with E-state index in [1.165, 1.54) is 12.1 Å². The number of amides is 2. The highest BCUT2D eigenvalue weighted by molar-refractivity contribution is 7.89. The molecule has 164 valence electrons. The summed E-state index contributed by atoms with van der Waals surface area (Å²) in [7, 11) is -3.92. The highest BCUT2D eigenvalue weighted by Gasteiger charge is 2.41. The van der Waals surface area contributed by atoms with Crippen molar-refractivity contribution in [1.29, 1.82) is 0 Å². The first-order valence-electron chi connectivity index (χ1n) is 10.4. The third kappa shape index (κ3) is 5.07. The van der Waals surface area contributed by atoms with Crippen LogP contribution in [0.25, 0.3) is 0 Å². The molecule has 0 radical (unpaired) electrons. The molecule has 1 aliphatic heterocycles. The highest BCUT2D eigenvalue weighted by Crippen LogP contribution is 2.36. The van der Waals surface area contributed by atoms with Crippen LogP contribution in [0.1, 0.15) is 39.5 Å². The van der Waals surface area contributed by atoms with Crippen LogP contribution in [0, 0.1) is 17.8 Å². The molecule has 30 heavy (non-hydrogen) atoms. The van der Waals surface area contributed by atoms with Gasteiger partial charge in [0.2, 0.25) is 21.7 Å². The van der Waals surface area contributed by atoms with Crippen LogP contribution < -0.4 is 15.4 Å². The SMILES string of the molecule is CC(C)C(NS(=O)(=O)c1ccccc1)C(=O)NC1C(=O)C(=O)NCCC2CCC1C2. The van der Waals surface area contributed by atoms with Gasteiger partial charge in [-0.15, -0.1) is 0 Å². The van der Waals surface area contributed by atoms with E-state index in [9.17, 15) is 22.8 Å². The lowest BCUT2D eigenvalue weighted by Crippen LogP contribution is -2.57. The summed E-state index contributed by atoms with van der Waals surface area (Å²) in [6.07, 6.45) is 3.31. The molecule has 1 aromatic rings. The Morgan fingerprint density at radius 1 is 1.10 bits per heavy atom. The number of ketones is 1. The van der Waals surface area contributed by atoms with Crippen molar-refractivity contribution in [3.8, 4) is 0 Å². The van der Waals surface area contributed by atoms with Crippen LogP contribution in [-0.2, 0) is 24.4 Å². The first-order chi connectivity index (χ1) is 14.2. The Morgan fingerprint density at radius 2 is 1.80 bits per heavy atom.